The molecule has 0 aliphatic carbocycles. The first-order valence-electron chi connectivity index (χ1n) is 6.94. The van der Waals surface area contributed by atoms with Gasteiger partial charge in [0.05, 0.1) is 16.2 Å². The summed E-state index contributed by atoms with van der Waals surface area (Å²) in [5.41, 5.74) is 1.02. The van der Waals surface area contributed by atoms with E-state index in [1.807, 2.05) is 18.0 Å². The highest BCUT2D eigenvalue weighted by atomic mass is 16.6. The quantitative estimate of drug-likeness (QED) is 0.637. The summed E-state index contributed by atoms with van der Waals surface area (Å²) in [4.78, 5) is 14.6. The van der Waals surface area contributed by atoms with Crippen molar-refractivity contribution in [3.05, 3.63) is 33.9 Å². The van der Waals surface area contributed by atoms with Gasteiger partial charge in [-0.1, -0.05) is 0 Å². The van der Waals surface area contributed by atoms with Gasteiger partial charge in [0.25, 0.3) is 5.69 Å². The third kappa shape index (κ3) is 3.90. The number of rotatable bonds is 5. The zero-order chi connectivity index (χ0) is 15.2. The molecular formula is C14H19N5O2. The Labute approximate surface area is 123 Å². The van der Waals surface area contributed by atoms with E-state index in [9.17, 15) is 15.4 Å². The fraction of sp³-hybridized carbons (Fsp3) is 0.500. The SMILES string of the molecule is CN(CCN1CCNCC1)c1ccc([N+](=O)[O-])cc1C#N. The van der Waals surface area contributed by atoms with Crippen molar-refractivity contribution < 1.29 is 4.92 Å². The van der Waals surface area contributed by atoms with Crippen molar-refractivity contribution in [3.63, 3.8) is 0 Å². The lowest BCUT2D eigenvalue weighted by Crippen LogP contribution is -2.46. The van der Waals surface area contributed by atoms with Crippen molar-refractivity contribution in [1.82, 2.24) is 10.2 Å². The maximum absolute atomic E-state index is 10.8. The topological polar surface area (TPSA) is 85.4 Å². The van der Waals surface area contributed by atoms with Gasteiger partial charge in [-0.3, -0.25) is 15.0 Å². The minimum Gasteiger partial charge on any atom is -0.372 e. The van der Waals surface area contributed by atoms with Gasteiger partial charge < -0.3 is 10.2 Å². The lowest BCUT2D eigenvalue weighted by molar-refractivity contribution is -0.384. The van der Waals surface area contributed by atoms with Gasteiger partial charge in [-0.25, -0.2) is 0 Å². The van der Waals surface area contributed by atoms with Gasteiger partial charge in [0.15, 0.2) is 0 Å². The van der Waals surface area contributed by atoms with Crippen LogP contribution in [-0.4, -0.2) is 56.1 Å². The highest BCUT2D eigenvalue weighted by Gasteiger charge is 2.15. The number of benzene rings is 1. The molecule has 0 radical (unpaired) electrons. The number of nitro groups is 1. The molecule has 0 atom stereocenters. The average Bonchev–Trinajstić information content (AvgIpc) is 2.52. The molecule has 112 valence electrons. The number of hydrogen-bond donors (Lipinski definition) is 1. The molecule has 1 aromatic carbocycles. The molecule has 0 saturated carbocycles. The normalized spacial score (nSPS) is 15.4. The Balaban J connectivity index is 2.02. The summed E-state index contributed by atoms with van der Waals surface area (Å²) in [6, 6.07) is 6.46. The van der Waals surface area contributed by atoms with Crippen LogP contribution in [0.1, 0.15) is 5.56 Å². The van der Waals surface area contributed by atoms with E-state index in [1.165, 1.54) is 12.1 Å². The van der Waals surface area contributed by atoms with Crippen molar-refractivity contribution >= 4 is 11.4 Å². The van der Waals surface area contributed by atoms with E-state index in [0.717, 1.165) is 45.0 Å². The lowest BCUT2D eigenvalue weighted by Gasteiger charge is -2.30. The molecule has 1 N–H and O–H groups in total. The third-order valence-electron chi connectivity index (χ3n) is 3.68. The van der Waals surface area contributed by atoms with Crippen LogP contribution in [0.5, 0.6) is 0 Å². The molecule has 0 amide bonds. The first kappa shape index (κ1) is 15.2. The Kier molecular flexibility index (Phi) is 5.09. The van der Waals surface area contributed by atoms with E-state index in [4.69, 9.17) is 0 Å². The fourth-order valence-corrected chi connectivity index (χ4v) is 2.41. The van der Waals surface area contributed by atoms with Crippen molar-refractivity contribution in [2.45, 2.75) is 0 Å². The molecule has 1 aliphatic heterocycles. The standard InChI is InChI=1S/C14H19N5O2/c1-17(8-9-18-6-4-16-5-7-18)14-3-2-13(19(20)21)10-12(14)11-15/h2-3,10,16H,4-9H2,1H3. The zero-order valence-electron chi connectivity index (χ0n) is 12.1. The molecule has 1 aliphatic rings. The summed E-state index contributed by atoms with van der Waals surface area (Å²) in [5, 5.41) is 23.2. The first-order chi connectivity index (χ1) is 10.1. The van der Waals surface area contributed by atoms with E-state index in [1.54, 1.807) is 6.07 Å². The van der Waals surface area contributed by atoms with Crippen molar-refractivity contribution in [1.29, 1.82) is 5.26 Å². The second kappa shape index (κ2) is 7.02. The van der Waals surface area contributed by atoms with Crippen LogP contribution in [0, 0.1) is 21.4 Å². The largest absolute Gasteiger partial charge is 0.372 e. The summed E-state index contributed by atoms with van der Waals surface area (Å²) in [7, 11) is 1.91. The number of nitriles is 1. The summed E-state index contributed by atoms with van der Waals surface area (Å²) in [6.07, 6.45) is 0. The molecule has 7 heteroatoms. The van der Waals surface area contributed by atoms with Crippen LogP contribution in [0.3, 0.4) is 0 Å². The predicted molar refractivity (Wildman–Crippen MR) is 80.4 cm³/mol. The Morgan fingerprint density at radius 3 is 2.81 bits per heavy atom. The lowest BCUT2D eigenvalue weighted by atomic mass is 10.1. The molecule has 21 heavy (non-hydrogen) atoms. The fourth-order valence-electron chi connectivity index (χ4n) is 2.41. The van der Waals surface area contributed by atoms with Gasteiger partial charge in [-0.15, -0.1) is 0 Å². The molecule has 1 saturated heterocycles. The number of hydrogen-bond acceptors (Lipinski definition) is 6. The molecule has 7 nitrogen and oxygen atoms in total. The van der Waals surface area contributed by atoms with Crippen molar-refractivity contribution in [3.8, 4) is 6.07 Å². The van der Waals surface area contributed by atoms with Crippen LogP contribution in [0.4, 0.5) is 11.4 Å². The second-order valence-electron chi connectivity index (χ2n) is 5.08. The highest BCUT2D eigenvalue weighted by Crippen LogP contribution is 2.24. The van der Waals surface area contributed by atoms with Crippen LogP contribution in [-0.2, 0) is 0 Å². The number of anilines is 1. The minimum atomic E-state index is -0.481. The van der Waals surface area contributed by atoms with E-state index >= 15 is 0 Å². The van der Waals surface area contributed by atoms with Crippen molar-refractivity contribution in [2.24, 2.45) is 0 Å². The van der Waals surface area contributed by atoms with Gasteiger partial charge >= 0.3 is 0 Å². The van der Waals surface area contributed by atoms with Gasteiger partial charge in [0.1, 0.15) is 6.07 Å². The smallest absolute Gasteiger partial charge is 0.270 e. The van der Waals surface area contributed by atoms with Crippen LogP contribution < -0.4 is 10.2 Å². The van der Waals surface area contributed by atoms with Gasteiger partial charge in [0.2, 0.25) is 0 Å². The molecule has 0 spiro atoms. The van der Waals surface area contributed by atoms with Gasteiger partial charge in [-0.05, 0) is 6.07 Å². The number of piperazine rings is 1. The highest BCUT2D eigenvalue weighted by molar-refractivity contribution is 5.62. The number of likely N-dealkylation sites (N-methyl/N-ethyl adjacent to an activating group) is 1. The Bertz CT molecular complexity index is 549. The maximum atomic E-state index is 10.8. The third-order valence-corrected chi connectivity index (χ3v) is 3.68. The summed E-state index contributed by atoms with van der Waals surface area (Å²) < 4.78 is 0. The van der Waals surface area contributed by atoms with Gasteiger partial charge in [-0.2, -0.15) is 5.26 Å². The van der Waals surface area contributed by atoms with Gasteiger partial charge in [0, 0.05) is 58.4 Å². The number of nitrogens with one attached hydrogen (secondary N) is 1. The van der Waals surface area contributed by atoms with Crippen LogP contribution >= 0.6 is 0 Å². The second-order valence-corrected chi connectivity index (χ2v) is 5.08. The molecule has 0 unspecified atom stereocenters. The van der Waals surface area contributed by atoms with Crippen LogP contribution in [0.2, 0.25) is 0 Å². The van der Waals surface area contributed by atoms with Crippen molar-refractivity contribution in [2.75, 3.05) is 51.2 Å². The molecular weight excluding hydrogens is 270 g/mol. The first-order valence-corrected chi connectivity index (χ1v) is 6.94. The summed E-state index contributed by atoms with van der Waals surface area (Å²) in [6.45, 7) is 5.76. The maximum Gasteiger partial charge on any atom is 0.270 e. The zero-order valence-corrected chi connectivity index (χ0v) is 12.1. The van der Waals surface area contributed by atoms with E-state index < -0.39 is 4.92 Å². The molecule has 2 rings (SSSR count). The Morgan fingerprint density at radius 2 is 2.19 bits per heavy atom. The minimum absolute atomic E-state index is 0.0502. The monoisotopic (exact) mass is 289 g/mol. The molecule has 0 aromatic heterocycles. The predicted octanol–water partition coefficient (Wildman–Crippen LogP) is 0.808. The molecule has 1 heterocycles. The van der Waals surface area contributed by atoms with E-state index in [-0.39, 0.29) is 5.69 Å². The summed E-state index contributed by atoms with van der Waals surface area (Å²) in [5.74, 6) is 0. The summed E-state index contributed by atoms with van der Waals surface area (Å²) >= 11 is 0. The number of nitro benzene ring substituents is 1. The Hall–Kier alpha value is -2.17. The number of non-ortho nitro benzene ring substituents is 1. The van der Waals surface area contributed by atoms with E-state index in [2.05, 4.69) is 10.2 Å². The molecule has 0 bridgehead atoms. The number of nitrogens with zero attached hydrogens (tertiary/aromatic N) is 4. The average molecular weight is 289 g/mol. The van der Waals surface area contributed by atoms with Crippen LogP contribution in [0.15, 0.2) is 18.2 Å². The molecule has 1 fully saturated rings. The van der Waals surface area contributed by atoms with E-state index in [0.29, 0.717) is 5.56 Å². The molecule has 1 aromatic rings. The Morgan fingerprint density at radius 1 is 1.48 bits per heavy atom. The van der Waals surface area contributed by atoms with Crippen LogP contribution in [0.25, 0.3) is 0 Å².